The molecule has 4 heteroatoms. The molecule has 0 bridgehead atoms. The normalized spacial score (nSPS) is 33.2. The van der Waals surface area contributed by atoms with Crippen LogP contribution in [0.1, 0.15) is 33.6 Å². The summed E-state index contributed by atoms with van der Waals surface area (Å²) in [5.41, 5.74) is -0.292. The lowest BCUT2D eigenvalue weighted by atomic mass is 9.98. The molecule has 1 heterocycles. The van der Waals surface area contributed by atoms with E-state index in [4.69, 9.17) is 9.47 Å². The minimum absolute atomic E-state index is 0.0376. The first-order chi connectivity index (χ1) is 7.85. The number of carbonyl (C=O) groups is 2. The monoisotopic (exact) mass is 238 g/mol. The van der Waals surface area contributed by atoms with Crippen molar-refractivity contribution in [3.8, 4) is 0 Å². The van der Waals surface area contributed by atoms with Gasteiger partial charge in [0, 0.05) is 24.8 Å². The highest BCUT2D eigenvalue weighted by atomic mass is 16.6. The van der Waals surface area contributed by atoms with Crippen molar-refractivity contribution in [1.82, 2.24) is 0 Å². The highest BCUT2D eigenvalue weighted by molar-refractivity contribution is 5.85. The number of rotatable bonds is 2. The van der Waals surface area contributed by atoms with Gasteiger partial charge in [-0.3, -0.25) is 4.79 Å². The van der Waals surface area contributed by atoms with Crippen molar-refractivity contribution in [2.75, 3.05) is 0 Å². The lowest BCUT2D eigenvalue weighted by Gasteiger charge is -2.30. The highest BCUT2D eigenvalue weighted by Crippen LogP contribution is 2.34. The van der Waals surface area contributed by atoms with Crippen LogP contribution in [-0.4, -0.2) is 29.6 Å². The molecule has 1 aliphatic heterocycles. The molecule has 94 valence electrons. The number of hydrogen-bond acceptors (Lipinski definition) is 4. The van der Waals surface area contributed by atoms with Crippen molar-refractivity contribution in [1.29, 1.82) is 0 Å². The van der Waals surface area contributed by atoms with Gasteiger partial charge in [-0.15, -0.1) is 0 Å². The summed E-state index contributed by atoms with van der Waals surface area (Å²) in [5.74, 6) is -0.186. The average Bonchev–Trinajstić information content (AvgIpc) is 2.70. The van der Waals surface area contributed by atoms with Gasteiger partial charge in [-0.25, -0.2) is 4.79 Å². The summed E-state index contributed by atoms with van der Waals surface area (Å²) in [4.78, 5) is 22.6. The lowest BCUT2D eigenvalue weighted by molar-refractivity contribution is -0.145. The van der Waals surface area contributed by atoms with E-state index in [1.165, 1.54) is 6.08 Å². The van der Waals surface area contributed by atoms with Crippen molar-refractivity contribution < 1.29 is 19.1 Å². The molecule has 0 spiro atoms. The van der Waals surface area contributed by atoms with Crippen LogP contribution in [0.3, 0.4) is 0 Å². The lowest BCUT2D eigenvalue weighted by Crippen LogP contribution is -2.35. The SMILES string of the molecule is CC(C)(C)O[C@@H]1CC(=O)C[C@H]1[C@@H]1C=CC(=O)O1. The van der Waals surface area contributed by atoms with E-state index in [0.717, 1.165) is 0 Å². The first kappa shape index (κ1) is 12.3. The summed E-state index contributed by atoms with van der Waals surface area (Å²) in [6.45, 7) is 5.88. The van der Waals surface area contributed by atoms with Gasteiger partial charge in [0.25, 0.3) is 0 Å². The fraction of sp³-hybridized carbons (Fsp3) is 0.692. The Balaban J connectivity index is 2.06. The van der Waals surface area contributed by atoms with Gasteiger partial charge in [-0.05, 0) is 26.8 Å². The molecular weight excluding hydrogens is 220 g/mol. The van der Waals surface area contributed by atoms with Gasteiger partial charge in [0.15, 0.2) is 0 Å². The Bertz CT molecular complexity index is 364. The van der Waals surface area contributed by atoms with Crippen molar-refractivity contribution in [3.63, 3.8) is 0 Å². The molecule has 2 aliphatic rings. The van der Waals surface area contributed by atoms with Crippen LogP contribution in [0.4, 0.5) is 0 Å². The van der Waals surface area contributed by atoms with Gasteiger partial charge in [-0.2, -0.15) is 0 Å². The smallest absolute Gasteiger partial charge is 0.331 e. The molecule has 0 aromatic rings. The second-order valence-electron chi connectivity index (χ2n) is 5.64. The summed E-state index contributed by atoms with van der Waals surface area (Å²) >= 11 is 0. The van der Waals surface area contributed by atoms with Gasteiger partial charge in [0.2, 0.25) is 0 Å². The van der Waals surface area contributed by atoms with Crippen LogP contribution in [0.15, 0.2) is 12.2 Å². The topological polar surface area (TPSA) is 52.6 Å². The second kappa shape index (κ2) is 4.26. The van der Waals surface area contributed by atoms with Gasteiger partial charge in [-0.1, -0.05) is 0 Å². The molecule has 0 aromatic carbocycles. The third-order valence-corrected chi connectivity index (χ3v) is 2.97. The average molecular weight is 238 g/mol. The summed E-state index contributed by atoms with van der Waals surface area (Å²) in [6, 6.07) is 0. The van der Waals surface area contributed by atoms with E-state index in [9.17, 15) is 9.59 Å². The molecule has 1 aliphatic carbocycles. The molecule has 0 saturated heterocycles. The predicted molar refractivity (Wildman–Crippen MR) is 61.4 cm³/mol. The number of cyclic esters (lactones) is 1. The fourth-order valence-electron chi connectivity index (χ4n) is 2.38. The molecule has 0 aromatic heterocycles. The fourth-order valence-corrected chi connectivity index (χ4v) is 2.38. The molecule has 0 N–H and O–H groups in total. The standard InChI is InChI=1S/C13H18O4/c1-13(2,3)17-11-7-8(14)6-9(11)10-4-5-12(15)16-10/h4-5,9-11H,6-7H2,1-3H3/t9-,10-,11+/m0/s1. The van der Waals surface area contributed by atoms with Crippen LogP contribution in [0.2, 0.25) is 0 Å². The Morgan fingerprint density at radius 3 is 2.53 bits per heavy atom. The molecular formula is C13H18O4. The Kier molecular flexibility index (Phi) is 3.08. The van der Waals surface area contributed by atoms with Crippen molar-refractivity contribution in [3.05, 3.63) is 12.2 Å². The Morgan fingerprint density at radius 2 is 2.00 bits per heavy atom. The quantitative estimate of drug-likeness (QED) is 0.686. The van der Waals surface area contributed by atoms with Crippen LogP contribution < -0.4 is 0 Å². The first-order valence-electron chi connectivity index (χ1n) is 5.93. The van der Waals surface area contributed by atoms with E-state index in [1.54, 1.807) is 6.08 Å². The number of carbonyl (C=O) groups excluding carboxylic acids is 2. The molecule has 0 unspecified atom stereocenters. The van der Waals surface area contributed by atoms with E-state index in [-0.39, 0.29) is 35.5 Å². The number of Topliss-reactive ketones (excluding diaryl/α,β-unsaturated/α-hetero) is 1. The number of ether oxygens (including phenoxy) is 2. The maximum absolute atomic E-state index is 11.5. The van der Waals surface area contributed by atoms with Crippen LogP contribution in [-0.2, 0) is 19.1 Å². The van der Waals surface area contributed by atoms with E-state index in [2.05, 4.69) is 0 Å². The summed E-state index contributed by atoms with van der Waals surface area (Å²) in [6.07, 6.45) is 3.54. The van der Waals surface area contributed by atoms with Crippen LogP contribution in [0.25, 0.3) is 0 Å². The van der Waals surface area contributed by atoms with Crippen molar-refractivity contribution in [2.24, 2.45) is 5.92 Å². The van der Waals surface area contributed by atoms with Crippen LogP contribution >= 0.6 is 0 Å². The molecule has 0 radical (unpaired) electrons. The number of ketones is 1. The van der Waals surface area contributed by atoms with Crippen LogP contribution in [0.5, 0.6) is 0 Å². The Labute approximate surface area is 101 Å². The summed E-state index contributed by atoms with van der Waals surface area (Å²) in [5, 5.41) is 0. The molecule has 0 amide bonds. The third kappa shape index (κ3) is 2.94. The third-order valence-electron chi connectivity index (χ3n) is 2.97. The largest absolute Gasteiger partial charge is 0.455 e. The summed E-state index contributed by atoms with van der Waals surface area (Å²) in [7, 11) is 0. The minimum Gasteiger partial charge on any atom is -0.455 e. The van der Waals surface area contributed by atoms with E-state index >= 15 is 0 Å². The van der Waals surface area contributed by atoms with Gasteiger partial charge < -0.3 is 9.47 Å². The molecule has 17 heavy (non-hydrogen) atoms. The maximum Gasteiger partial charge on any atom is 0.331 e. The number of hydrogen-bond donors (Lipinski definition) is 0. The maximum atomic E-state index is 11.5. The van der Waals surface area contributed by atoms with E-state index < -0.39 is 0 Å². The highest BCUT2D eigenvalue weighted by Gasteiger charge is 2.42. The predicted octanol–water partition coefficient (Wildman–Crippen LogP) is 1.63. The molecule has 2 rings (SSSR count). The van der Waals surface area contributed by atoms with Gasteiger partial charge >= 0.3 is 5.97 Å². The zero-order valence-electron chi connectivity index (χ0n) is 10.4. The van der Waals surface area contributed by atoms with Gasteiger partial charge in [0.1, 0.15) is 11.9 Å². The zero-order chi connectivity index (χ0) is 12.6. The van der Waals surface area contributed by atoms with E-state index in [1.807, 2.05) is 20.8 Å². The van der Waals surface area contributed by atoms with Crippen molar-refractivity contribution >= 4 is 11.8 Å². The second-order valence-corrected chi connectivity index (χ2v) is 5.64. The first-order valence-corrected chi connectivity index (χ1v) is 5.93. The van der Waals surface area contributed by atoms with Crippen LogP contribution in [0, 0.1) is 5.92 Å². The summed E-state index contributed by atoms with van der Waals surface area (Å²) < 4.78 is 11.0. The molecule has 4 nitrogen and oxygen atoms in total. The van der Waals surface area contributed by atoms with E-state index in [0.29, 0.717) is 12.8 Å². The number of esters is 1. The zero-order valence-corrected chi connectivity index (χ0v) is 10.4. The van der Waals surface area contributed by atoms with Gasteiger partial charge in [0.05, 0.1) is 11.7 Å². The molecule has 3 atom stereocenters. The molecule has 1 saturated carbocycles. The Hall–Kier alpha value is -1.16. The molecule has 1 fully saturated rings. The minimum atomic E-state index is -0.330. The Morgan fingerprint density at radius 1 is 1.29 bits per heavy atom. The van der Waals surface area contributed by atoms with Crippen molar-refractivity contribution in [2.45, 2.75) is 51.4 Å².